The van der Waals surface area contributed by atoms with E-state index in [1.165, 1.54) is 0 Å². The molecule has 17 heavy (non-hydrogen) atoms. The number of ether oxygens (including phenoxy) is 1. The van der Waals surface area contributed by atoms with Crippen molar-refractivity contribution in [1.82, 2.24) is 0 Å². The molecule has 1 aromatic carbocycles. The fourth-order valence-electron chi connectivity index (χ4n) is 1.43. The smallest absolute Gasteiger partial charge is 0.164 e. The molecule has 0 fully saturated rings. The van der Waals surface area contributed by atoms with E-state index < -0.39 is 5.06 Å². The van der Waals surface area contributed by atoms with Gasteiger partial charge in [-0.1, -0.05) is 35.9 Å². The zero-order valence-electron chi connectivity index (χ0n) is 9.51. The van der Waals surface area contributed by atoms with E-state index in [0.717, 1.165) is 11.4 Å². The maximum atomic E-state index is 6.12. The molecule has 0 bridgehead atoms. The number of hydrogen-bond acceptors (Lipinski definition) is 3. The topological polar surface area (TPSA) is 34.0 Å². The van der Waals surface area contributed by atoms with Gasteiger partial charge in [-0.05, 0) is 24.3 Å². The number of rotatable bonds is 3. The molecule has 0 aliphatic heterocycles. The highest BCUT2D eigenvalue weighted by Crippen LogP contribution is 2.29. The second-order valence-electron chi connectivity index (χ2n) is 3.69. The highest BCUT2D eigenvalue weighted by atomic mass is 35.5. The molecule has 1 aliphatic carbocycles. The molecule has 4 heteroatoms. The largest absolute Gasteiger partial charge is 0.359 e. The van der Waals surface area contributed by atoms with Crippen molar-refractivity contribution in [1.29, 1.82) is 0 Å². The predicted molar refractivity (Wildman–Crippen MR) is 68.4 cm³/mol. The van der Waals surface area contributed by atoms with Crippen LogP contribution in [-0.2, 0) is 4.74 Å². The highest BCUT2D eigenvalue weighted by molar-refractivity contribution is 6.24. The van der Waals surface area contributed by atoms with Crippen LogP contribution in [0, 0.1) is 0 Å². The van der Waals surface area contributed by atoms with Crippen molar-refractivity contribution in [2.45, 2.75) is 11.5 Å². The van der Waals surface area contributed by atoms with Crippen LogP contribution in [0.1, 0.15) is 6.42 Å². The average molecular weight is 249 g/mol. The van der Waals surface area contributed by atoms with Crippen molar-refractivity contribution in [2.24, 2.45) is 10.2 Å². The first-order chi connectivity index (χ1) is 8.22. The van der Waals surface area contributed by atoms with Crippen molar-refractivity contribution in [2.75, 3.05) is 7.11 Å². The third-order valence-electron chi connectivity index (χ3n) is 2.47. The van der Waals surface area contributed by atoms with Crippen molar-refractivity contribution in [3.05, 3.63) is 54.3 Å². The number of benzene rings is 1. The Labute approximate surface area is 105 Å². The fourth-order valence-corrected chi connectivity index (χ4v) is 1.57. The maximum Gasteiger partial charge on any atom is 0.164 e. The summed E-state index contributed by atoms with van der Waals surface area (Å²) in [5, 5.41) is 7.53. The van der Waals surface area contributed by atoms with Gasteiger partial charge in [-0.3, -0.25) is 0 Å². The molecule has 3 nitrogen and oxygen atoms in total. The lowest BCUT2D eigenvalue weighted by Crippen LogP contribution is -2.21. The van der Waals surface area contributed by atoms with Crippen molar-refractivity contribution in [3.8, 4) is 0 Å². The number of nitrogens with zero attached hydrogens (tertiary/aromatic N) is 2. The summed E-state index contributed by atoms with van der Waals surface area (Å²) in [5.74, 6) is 0. The fraction of sp³-hybridized carbons (Fsp3) is 0.231. The van der Waals surface area contributed by atoms with Crippen LogP contribution in [0.15, 0.2) is 64.5 Å². The van der Waals surface area contributed by atoms with Crippen LogP contribution in [0.2, 0.25) is 0 Å². The Kier molecular flexibility index (Phi) is 3.71. The van der Waals surface area contributed by atoms with Gasteiger partial charge < -0.3 is 4.74 Å². The normalized spacial score (nSPS) is 24.0. The quantitative estimate of drug-likeness (QED) is 0.583. The summed E-state index contributed by atoms with van der Waals surface area (Å²) in [4.78, 5) is 0. The van der Waals surface area contributed by atoms with Gasteiger partial charge in [0.25, 0.3) is 0 Å². The van der Waals surface area contributed by atoms with Crippen LogP contribution in [0.25, 0.3) is 0 Å². The Morgan fingerprint density at radius 3 is 2.59 bits per heavy atom. The zero-order valence-corrected chi connectivity index (χ0v) is 10.3. The van der Waals surface area contributed by atoms with Crippen LogP contribution in [0.5, 0.6) is 0 Å². The molecule has 1 unspecified atom stereocenters. The maximum absolute atomic E-state index is 6.12. The third-order valence-corrected chi connectivity index (χ3v) is 2.90. The lowest BCUT2D eigenvalue weighted by molar-refractivity contribution is 0.106. The zero-order chi connectivity index (χ0) is 12.1. The Balaban J connectivity index is 2.03. The van der Waals surface area contributed by atoms with Crippen LogP contribution < -0.4 is 0 Å². The lowest BCUT2D eigenvalue weighted by Gasteiger charge is -2.22. The molecule has 88 valence electrons. The minimum absolute atomic E-state index is 0.588. The number of allylic oxidation sites excluding steroid dienone is 1. The summed E-state index contributed by atoms with van der Waals surface area (Å²) in [6.07, 6.45) is 6.09. The SMILES string of the molecule is COC1(Cl)C=CC(N=Nc2ccccc2)=CC1. The second-order valence-corrected chi connectivity index (χ2v) is 4.33. The monoisotopic (exact) mass is 248 g/mol. The van der Waals surface area contributed by atoms with E-state index in [1.54, 1.807) is 13.2 Å². The molecule has 2 rings (SSSR count). The van der Waals surface area contributed by atoms with E-state index in [0.29, 0.717) is 6.42 Å². The van der Waals surface area contributed by atoms with E-state index >= 15 is 0 Å². The van der Waals surface area contributed by atoms with Gasteiger partial charge in [-0.15, -0.1) is 0 Å². The molecule has 1 aliphatic rings. The van der Waals surface area contributed by atoms with Gasteiger partial charge >= 0.3 is 0 Å². The Bertz CT molecular complexity index is 468. The Hall–Kier alpha value is -1.45. The minimum Gasteiger partial charge on any atom is -0.359 e. The molecule has 0 spiro atoms. The molecular formula is C13H13ClN2O. The summed E-state index contributed by atoms with van der Waals surface area (Å²) in [6.45, 7) is 0. The number of hydrogen-bond donors (Lipinski definition) is 0. The molecule has 1 atom stereocenters. The van der Waals surface area contributed by atoms with Crippen LogP contribution in [0.4, 0.5) is 5.69 Å². The van der Waals surface area contributed by atoms with Crippen LogP contribution >= 0.6 is 11.6 Å². The molecular weight excluding hydrogens is 236 g/mol. The molecule has 0 amide bonds. The number of methoxy groups -OCH3 is 1. The summed E-state index contributed by atoms with van der Waals surface area (Å²) in [5.41, 5.74) is 1.62. The van der Waals surface area contributed by atoms with Crippen LogP contribution in [0.3, 0.4) is 0 Å². The molecule has 0 saturated carbocycles. The highest BCUT2D eigenvalue weighted by Gasteiger charge is 2.24. The van der Waals surface area contributed by atoms with E-state index in [4.69, 9.17) is 16.3 Å². The van der Waals surface area contributed by atoms with E-state index in [9.17, 15) is 0 Å². The van der Waals surface area contributed by atoms with Crippen molar-refractivity contribution < 1.29 is 4.74 Å². The van der Waals surface area contributed by atoms with Gasteiger partial charge in [-0.2, -0.15) is 10.2 Å². The van der Waals surface area contributed by atoms with Crippen molar-refractivity contribution >= 4 is 17.3 Å². The van der Waals surface area contributed by atoms with Gasteiger partial charge in [0.15, 0.2) is 5.06 Å². The molecule has 0 radical (unpaired) electrons. The summed E-state index contributed by atoms with van der Waals surface area (Å²) < 4.78 is 5.15. The van der Waals surface area contributed by atoms with Gasteiger partial charge in [0.2, 0.25) is 0 Å². The van der Waals surface area contributed by atoms with E-state index in [2.05, 4.69) is 10.2 Å². The minimum atomic E-state index is -0.730. The van der Waals surface area contributed by atoms with Gasteiger partial charge in [-0.25, -0.2) is 0 Å². The molecule has 0 heterocycles. The molecule has 0 aromatic heterocycles. The standard InChI is InChI=1S/C13H13ClN2O/c1-17-13(14)9-7-12(8-10-13)16-15-11-5-3-2-4-6-11/h2-9H,10H2,1H3. The molecule has 0 N–H and O–H groups in total. The van der Waals surface area contributed by atoms with Gasteiger partial charge in [0.1, 0.15) is 0 Å². The Morgan fingerprint density at radius 1 is 1.24 bits per heavy atom. The number of alkyl halides is 1. The van der Waals surface area contributed by atoms with E-state index in [1.807, 2.05) is 42.5 Å². The Morgan fingerprint density at radius 2 is 2.00 bits per heavy atom. The third kappa shape index (κ3) is 3.25. The molecule has 1 aromatic rings. The number of azo groups is 1. The van der Waals surface area contributed by atoms with Gasteiger partial charge in [0.05, 0.1) is 11.4 Å². The molecule has 0 saturated heterocycles. The van der Waals surface area contributed by atoms with Crippen LogP contribution in [-0.4, -0.2) is 12.2 Å². The van der Waals surface area contributed by atoms with E-state index in [-0.39, 0.29) is 0 Å². The average Bonchev–Trinajstić information content (AvgIpc) is 2.39. The first kappa shape index (κ1) is 12.0. The lowest BCUT2D eigenvalue weighted by atomic mass is 10.1. The second kappa shape index (κ2) is 5.25. The summed E-state index contributed by atoms with van der Waals surface area (Å²) in [7, 11) is 1.58. The van der Waals surface area contributed by atoms with Crippen molar-refractivity contribution in [3.63, 3.8) is 0 Å². The first-order valence-electron chi connectivity index (χ1n) is 5.32. The predicted octanol–water partition coefficient (Wildman–Crippen LogP) is 4.20. The summed E-state index contributed by atoms with van der Waals surface area (Å²) in [6, 6.07) is 9.59. The first-order valence-corrected chi connectivity index (χ1v) is 5.70. The number of halogens is 1. The van der Waals surface area contributed by atoms with Gasteiger partial charge in [0, 0.05) is 13.5 Å². The summed E-state index contributed by atoms with van der Waals surface area (Å²) >= 11 is 6.12.